The summed E-state index contributed by atoms with van der Waals surface area (Å²) in [4.78, 5) is 28.8. The highest BCUT2D eigenvalue weighted by Crippen LogP contribution is 2.52. The number of amides is 2. The highest BCUT2D eigenvalue weighted by Gasteiger charge is 2.58. The van der Waals surface area contributed by atoms with Gasteiger partial charge in [0, 0.05) is 12.5 Å². The number of carbonyl (C=O) groups is 2. The second-order valence-corrected chi connectivity index (χ2v) is 10.3. The standard InChI is InChI=1S/C28H27B2NO8/c1-38-14-15-11-22-25(28(34)31(27(22)33)17-6-4-5-16(12-17)29(35)36)21-13-24(39-30(37)26(15)21)20-9-10-23(32)19-8-3-2-7-18(19)20/h2-10,12,21-22,24-25,32,35-37H,11,13-14H2,1H3/t21-,22-,24-,25+/m0/s1. The maximum absolute atomic E-state index is 13.9. The first-order valence-electron chi connectivity index (χ1n) is 12.9. The molecule has 39 heavy (non-hydrogen) atoms. The van der Waals surface area contributed by atoms with Gasteiger partial charge in [0.15, 0.2) is 0 Å². The molecule has 4 atom stereocenters. The van der Waals surface area contributed by atoms with Crippen molar-refractivity contribution in [2.45, 2.75) is 18.9 Å². The number of nitrogens with zero attached hydrogens (tertiary/aromatic N) is 1. The van der Waals surface area contributed by atoms with Crippen LogP contribution in [0.15, 0.2) is 71.7 Å². The normalized spacial score (nSPS) is 24.8. The lowest BCUT2D eigenvalue weighted by atomic mass is 9.55. The van der Waals surface area contributed by atoms with E-state index < -0.39 is 44.0 Å². The number of phenols is 1. The Morgan fingerprint density at radius 2 is 1.79 bits per heavy atom. The molecule has 0 aromatic heterocycles. The number of benzene rings is 3. The van der Waals surface area contributed by atoms with Gasteiger partial charge in [0.2, 0.25) is 11.8 Å². The number of carbonyl (C=O) groups excluding carboxylic acids is 2. The van der Waals surface area contributed by atoms with Crippen LogP contribution in [0.1, 0.15) is 24.5 Å². The minimum Gasteiger partial charge on any atom is -0.507 e. The monoisotopic (exact) mass is 527 g/mol. The van der Waals surface area contributed by atoms with Crippen LogP contribution in [0.4, 0.5) is 5.69 Å². The van der Waals surface area contributed by atoms with E-state index in [1.165, 1.54) is 19.2 Å². The van der Waals surface area contributed by atoms with E-state index in [-0.39, 0.29) is 35.8 Å². The lowest BCUT2D eigenvalue weighted by Crippen LogP contribution is -2.45. The van der Waals surface area contributed by atoms with E-state index in [0.717, 1.165) is 21.4 Å². The van der Waals surface area contributed by atoms with Crippen LogP contribution in [-0.4, -0.2) is 59.9 Å². The van der Waals surface area contributed by atoms with Gasteiger partial charge in [0.1, 0.15) is 5.75 Å². The number of anilines is 1. The van der Waals surface area contributed by atoms with Gasteiger partial charge in [-0.15, -0.1) is 0 Å². The molecule has 0 unspecified atom stereocenters. The van der Waals surface area contributed by atoms with Crippen molar-refractivity contribution in [1.29, 1.82) is 0 Å². The van der Waals surface area contributed by atoms with Crippen LogP contribution in [0.25, 0.3) is 10.8 Å². The summed E-state index contributed by atoms with van der Waals surface area (Å²) >= 11 is 0. The van der Waals surface area contributed by atoms with E-state index in [0.29, 0.717) is 17.3 Å². The van der Waals surface area contributed by atoms with Crippen LogP contribution in [0, 0.1) is 17.8 Å². The third-order valence-corrected chi connectivity index (χ3v) is 8.24. The SMILES string of the molecule is COCC1=C2B(O)O[C@H](c3ccc(O)c4ccccc34)C[C@H]2[C@H]2C(=O)N(c3cccc(B(O)O)c3)C(=O)[C@H]2C1. The molecule has 2 aliphatic heterocycles. The molecule has 0 bridgehead atoms. The third kappa shape index (κ3) is 4.18. The number of ether oxygens (including phenoxy) is 1. The summed E-state index contributed by atoms with van der Waals surface area (Å²) < 4.78 is 11.5. The molecule has 2 fully saturated rings. The van der Waals surface area contributed by atoms with E-state index in [9.17, 15) is 29.8 Å². The Morgan fingerprint density at radius 3 is 2.54 bits per heavy atom. The summed E-state index contributed by atoms with van der Waals surface area (Å²) in [6, 6.07) is 16.8. The topological polar surface area (TPSA) is 137 Å². The Kier molecular flexibility index (Phi) is 6.57. The summed E-state index contributed by atoms with van der Waals surface area (Å²) in [6.45, 7) is 0.190. The molecule has 4 N–H and O–H groups in total. The summed E-state index contributed by atoms with van der Waals surface area (Å²) in [5.41, 5.74) is 2.54. The minimum atomic E-state index is -1.74. The predicted molar refractivity (Wildman–Crippen MR) is 145 cm³/mol. The molecule has 3 aromatic rings. The van der Waals surface area contributed by atoms with Gasteiger partial charge in [-0.25, -0.2) is 0 Å². The molecule has 1 aliphatic carbocycles. The second kappa shape index (κ2) is 9.93. The zero-order valence-electron chi connectivity index (χ0n) is 21.2. The molecule has 3 aliphatic rings. The van der Waals surface area contributed by atoms with Crippen molar-refractivity contribution in [3.63, 3.8) is 0 Å². The number of allylic oxidation sites excluding steroid dienone is 1. The van der Waals surface area contributed by atoms with Crippen LogP contribution in [0.5, 0.6) is 5.75 Å². The van der Waals surface area contributed by atoms with Crippen molar-refractivity contribution in [3.05, 3.63) is 77.3 Å². The number of imide groups is 1. The lowest BCUT2D eigenvalue weighted by Gasteiger charge is -2.42. The van der Waals surface area contributed by atoms with E-state index in [1.807, 2.05) is 18.2 Å². The van der Waals surface area contributed by atoms with Crippen LogP contribution in [-0.2, 0) is 19.0 Å². The highest BCUT2D eigenvalue weighted by atomic mass is 16.5. The number of rotatable bonds is 5. The summed E-state index contributed by atoms with van der Waals surface area (Å²) in [7, 11) is -1.50. The van der Waals surface area contributed by atoms with E-state index in [1.54, 1.807) is 30.3 Å². The number of fused-ring (bicyclic) bond motifs is 4. The van der Waals surface area contributed by atoms with Gasteiger partial charge < -0.3 is 29.6 Å². The molecule has 3 aromatic carbocycles. The molecule has 2 amide bonds. The fraction of sp³-hybridized carbons (Fsp3) is 0.286. The summed E-state index contributed by atoms with van der Waals surface area (Å²) in [6.07, 6.45) is 0.00488. The Bertz CT molecular complexity index is 1510. The largest absolute Gasteiger partial charge is 0.507 e. The van der Waals surface area contributed by atoms with Gasteiger partial charge in [0.25, 0.3) is 0 Å². The molecule has 2 saturated heterocycles. The molecule has 198 valence electrons. The zero-order chi connectivity index (χ0) is 27.4. The molecule has 0 saturated carbocycles. The van der Waals surface area contributed by atoms with E-state index in [4.69, 9.17) is 9.39 Å². The van der Waals surface area contributed by atoms with Gasteiger partial charge in [-0.05, 0) is 64.4 Å². The Morgan fingerprint density at radius 1 is 1.03 bits per heavy atom. The van der Waals surface area contributed by atoms with Crippen molar-refractivity contribution in [2.75, 3.05) is 18.6 Å². The molecule has 11 heteroatoms. The molecule has 6 rings (SSSR count). The fourth-order valence-electron chi connectivity index (χ4n) is 6.58. The third-order valence-electron chi connectivity index (χ3n) is 8.24. The Hall–Kier alpha value is -3.47. The Balaban J connectivity index is 1.42. The number of phenolic OH excluding ortho intramolecular Hbond substituents is 1. The van der Waals surface area contributed by atoms with Gasteiger partial charge in [0.05, 0.1) is 30.2 Å². The first kappa shape index (κ1) is 25.8. The van der Waals surface area contributed by atoms with Crippen molar-refractivity contribution >= 4 is 48.0 Å². The molecule has 0 radical (unpaired) electrons. The lowest BCUT2D eigenvalue weighted by molar-refractivity contribution is -0.123. The second-order valence-electron chi connectivity index (χ2n) is 10.3. The average Bonchev–Trinajstić information content (AvgIpc) is 3.18. The molecular formula is C28H27B2NO8. The summed E-state index contributed by atoms with van der Waals surface area (Å²) in [5, 5.41) is 42.3. The quantitative estimate of drug-likeness (QED) is 0.290. The van der Waals surface area contributed by atoms with Crippen LogP contribution in [0.3, 0.4) is 0 Å². The maximum atomic E-state index is 13.9. The zero-order valence-corrected chi connectivity index (χ0v) is 21.2. The highest BCUT2D eigenvalue weighted by molar-refractivity contribution is 6.58. The fourth-order valence-corrected chi connectivity index (χ4v) is 6.58. The van der Waals surface area contributed by atoms with Gasteiger partial charge in [-0.2, -0.15) is 0 Å². The van der Waals surface area contributed by atoms with E-state index >= 15 is 0 Å². The average molecular weight is 527 g/mol. The predicted octanol–water partition coefficient (Wildman–Crippen LogP) is 1.47. The summed E-state index contributed by atoms with van der Waals surface area (Å²) in [5.74, 6) is -2.48. The molecule has 9 nitrogen and oxygen atoms in total. The Labute approximate surface area is 225 Å². The number of aromatic hydroxyl groups is 1. The number of hydrogen-bond donors (Lipinski definition) is 4. The van der Waals surface area contributed by atoms with Gasteiger partial charge in [-0.1, -0.05) is 42.5 Å². The number of hydrogen-bond acceptors (Lipinski definition) is 8. The minimum absolute atomic E-state index is 0.133. The van der Waals surface area contributed by atoms with Crippen molar-refractivity contribution in [1.82, 2.24) is 0 Å². The van der Waals surface area contributed by atoms with Crippen LogP contribution in [0.2, 0.25) is 0 Å². The first-order valence-corrected chi connectivity index (χ1v) is 12.9. The van der Waals surface area contributed by atoms with Crippen molar-refractivity contribution in [3.8, 4) is 5.75 Å². The number of methoxy groups -OCH3 is 1. The molecular weight excluding hydrogens is 500 g/mol. The van der Waals surface area contributed by atoms with Crippen LogP contribution < -0.4 is 10.4 Å². The van der Waals surface area contributed by atoms with Crippen molar-refractivity contribution < 1.29 is 39.2 Å². The van der Waals surface area contributed by atoms with Crippen molar-refractivity contribution in [2.24, 2.45) is 17.8 Å². The van der Waals surface area contributed by atoms with Gasteiger partial charge in [-0.3, -0.25) is 14.5 Å². The van der Waals surface area contributed by atoms with E-state index in [2.05, 4.69) is 0 Å². The first-order chi connectivity index (χ1) is 18.8. The smallest absolute Gasteiger partial charge is 0.488 e. The maximum Gasteiger partial charge on any atom is 0.488 e. The van der Waals surface area contributed by atoms with Gasteiger partial charge >= 0.3 is 14.2 Å². The molecule has 0 spiro atoms. The van der Waals surface area contributed by atoms with Crippen LogP contribution >= 0.6 is 0 Å². The molecule has 2 heterocycles.